The summed E-state index contributed by atoms with van der Waals surface area (Å²) in [6.07, 6.45) is 0. The lowest BCUT2D eigenvalue weighted by atomic mass is 10.2. The lowest BCUT2D eigenvalue weighted by Gasteiger charge is -2.27. The highest BCUT2D eigenvalue weighted by Gasteiger charge is 2.25. The molecule has 3 rings (SSSR count). The summed E-state index contributed by atoms with van der Waals surface area (Å²) >= 11 is 6.11. The molecule has 1 aromatic carbocycles. The molecule has 2 aliphatic heterocycles. The van der Waals surface area contributed by atoms with E-state index >= 15 is 0 Å². The topological polar surface area (TPSA) is 79.9 Å². The van der Waals surface area contributed by atoms with Crippen molar-refractivity contribution in [1.82, 2.24) is 9.62 Å². The molecule has 0 aromatic heterocycles. The number of hydrogen-bond donors (Lipinski definition) is 2. The molecular formula is C12H16ClN3O4S. The molecule has 0 spiro atoms. The second kappa shape index (κ2) is 5.88. The summed E-state index contributed by atoms with van der Waals surface area (Å²) in [4.78, 5) is 0. The Labute approximate surface area is 128 Å². The lowest BCUT2D eigenvalue weighted by molar-refractivity contribution is 0.171. The van der Waals surface area contributed by atoms with E-state index in [2.05, 4.69) is 10.0 Å². The van der Waals surface area contributed by atoms with E-state index in [1.165, 1.54) is 4.31 Å². The second-order valence-electron chi connectivity index (χ2n) is 4.73. The molecule has 1 aromatic rings. The molecular weight excluding hydrogens is 318 g/mol. The van der Waals surface area contributed by atoms with E-state index in [1.54, 1.807) is 12.1 Å². The molecule has 0 radical (unpaired) electrons. The first-order valence-electron chi connectivity index (χ1n) is 6.64. The molecule has 0 saturated carbocycles. The molecule has 1 fully saturated rings. The van der Waals surface area contributed by atoms with Crippen LogP contribution in [0.25, 0.3) is 0 Å². The summed E-state index contributed by atoms with van der Waals surface area (Å²) in [6, 6.07) is 3.11. The molecule has 0 unspecified atom stereocenters. The number of benzene rings is 1. The van der Waals surface area contributed by atoms with Gasteiger partial charge in [-0.25, -0.2) is 0 Å². The zero-order valence-electron chi connectivity index (χ0n) is 11.3. The van der Waals surface area contributed by atoms with E-state index in [0.29, 0.717) is 56.6 Å². The van der Waals surface area contributed by atoms with Crippen molar-refractivity contribution in [2.45, 2.75) is 0 Å². The molecule has 1 saturated heterocycles. The van der Waals surface area contributed by atoms with Crippen molar-refractivity contribution >= 4 is 27.5 Å². The van der Waals surface area contributed by atoms with Crippen LogP contribution in [0.1, 0.15) is 0 Å². The molecule has 116 valence electrons. The minimum Gasteiger partial charge on any atom is -0.486 e. The predicted molar refractivity (Wildman–Crippen MR) is 79.4 cm³/mol. The van der Waals surface area contributed by atoms with Gasteiger partial charge in [0.05, 0.1) is 10.7 Å². The highest BCUT2D eigenvalue weighted by Crippen LogP contribution is 2.38. The number of nitrogens with zero attached hydrogens (tertiary/aromatic N) is 1. The number of nitrogens with one attached hydrogen (secondary N) is 2. The molecule has 0 aliphatic carbocycles. The Balaban J connectivity index is 1.83. The van der Waals surface area contributed by atoms with Crippen molar-refractivity contribution in [3.8, 4) is 11.5 Å². The normalized spacial score (nSPS) is 19.3. The molecule has 0 bridgehead atoms. The van der Waals surface area contributed by atoms with Gasteiger partial charge >= 0.3 is 10.2 Å². The Kier molecular flexibility index (Phi) is 4.12. The zero-order valence-corrected chi connectivity index (χ0v) is 12.8. The predicted octanol–water partition coefficient (Wildman–Crippen LogP) is 0.673. The highest BCUT2D eigenvalue weighted by atomic mass is 35.5. The smallest absolute Gasteiger partial charge is 0.301 e. The van der Waals surface area contributed by atoms with E-state index in [4.69, 9.17) is 21.1 Å². The minimum absolute atomic E-state index is 0.276. The number of anilines is 1. The highest BCUT2D eigenvalue weighted by molar-refractivity contribution is 7.90. The maximum absolute atomic E-state index is 12.3. The fourth-order valence-electron chi connectivity index (χ4n) is 2.23. The number of halogens is 1. The first-order valence-corrected chi connectivity index (χ1v) is 8.46. The number of rotatable bonds is 3. The van der Waals surface area contributed by atoms with E-state index in [1.807, 2.05) is 0 Å². The van der Waals surface area contributed by atoms with Crippen LogP contribution in [0.3, 0.4) is 0 Å². The summed E-state index contributed by atoms with van der Waals surface area (Å²) in [6.45, 7) is 3.01. The van der Waals surface area contributed by atoms with Crippen LogP contribution in [0.4, 0.5) is 5.69 Å². The van der Waals surface area contributed by atoms with Gasteiger partial charge in [0.25, 0.3) is 0 Å². The molecule has 2 heterocycles. The fraction of sp³-hybridized carbons (Fsp3) is 0.500. The number of fused-ring (bicyclic) bond motifs is 1. The summed E-state index contributed by atoms with van der Waals surface area (Å²) in [5, 5.41) is 3.38. The third-order valence-electron chi connectivity index (χ3n) is 3.29. The van der Waals surface area contributed by atoms with Crippen LogP contribution in [0, 0.1) is 0 Å². The first-order chi connectivity index (χ1) is 10.1. The fourth-order valence-corrected chi connectivity index (χ4v) is 3.73. The number of ether oxygens (including phenoxy) is 2. The average molecular weight is 334 g/mol. The Morgan fingerprint density at radius 2 is 1.76 bits per heavy atom. The number of piperazine rings is 1. The molecule has 2 aliphatic rings. The van der Waals surface area contributed by atoms with Gasteiger partial charge in [0.15, 0.2) is 11.5 Å². The van der Waals surface area contributed by atoms with Gasteiger partial charge in [-0.3, -0.25) is 4.72 Å². The van der Waals surface area contributed by atoms with Crippen molar-refractivity contribution < 1.29 is 17.9 Å². The Bertz CT molecular complexity index is 632. The Morgan fingerprint density at radius 3 is 2.43 bits per heavy atom. The SMILES string of the molecule is O=S(=O)(Nc1cc2c(cc1Cl)OCCO2)N1CCNCC1. The monoisotopic (exact) mass is 333 g/mol. The van der Waals surface area contributed by atoms with Crippen molar-refractivity contribution in [2.24, 2.45) is 0 Å². The Morgan fingerprint density at radius 1 is 1.14 bits per heavy atom. The molecule has 0 amide bonds. The molecule has 2 N–H and O–H groups in total. The van der Waals surface area contributed by atoms with Gasteiger partial charge in [0.1, 0.15) is 13.2 Å². The average Bonchev–Trinajstić information content (AvgIpc) is 2.49. The number of hydrogen-bond acceptors (Lipinski definition) is 5. The molecule has 21 heavy (non-hydrogen) atoms. The van der Waals surface area contributed by atoms with Crippen LogP contribution in [-0.4, -0.2) is 52.1 Å². The second-order valence-corrected chi connectivity index (χ2v) is 6.81. The molecule has 7 nitrogen and oxygen atoms in total. The van der Waals surface area contributed by atoms with Gasteiger partial charge < -0.3 is 14.8 Å². The van der Waals surface area contributed by atoms with Crippen LogP contribution in [-0.2, 0) is 10.2 Å². The first kappa shape index (κ1) is 14.7. The van der Waals surface area contributed by atoms with Crippen LogP contribution in [0.5, 0.6) is 11.5 Å². The van der Waals surface area contributed by atoms with E-state index in [9.17, 15) is 8.42 Å². The maximum Gasteiger partial charge on any atom is 0.301 e. The van der Waals surface area contributed by atoms with Gasteiger partial charge in [0.2, 0.25) is 0 Å². The summed E-state index contributed by atoms with van der Waals surface area (Å²) in [5.74, 6) is 1.01. The largest absolute Gasteiger partial charge is 0.486 e. The van der Waals surface area contributed by atoms with Gasteiger partial charge in [-0.2, -0.15) is 12.7 Å². The van der Waals surface area contributed by atoms with Gasteiger partial charge in [-0.1, -0.05) is 11.6 Å². The van der Waals surface area contributed by atoms with Crippen LogP contribution >= 0.6 is 11.6 Å². The standard InChI is InChI=1S/C12H16ClN3O4S/c13-9-7-11-12(20-6-5-19-11)8-10(9)15-21(17,18)16-3-1-14-2-4-16/h7-8,14-15H,1-6H2. The van der Waals surface area contributed by atoms with Crippen LogP contribution in [0.2, 0.25) is 5.02 Å². The summed E-state index contributed by atoms with van der Waals surface area (Å²) in [5.41, 5.74) is 0.291. The lowest BCUT2D eigenvalue weighted by Crippen LogP contribution is -2.48. The molecule has 9 heteroatoms. The summed E-state index contributed by atoms with van der Waals surface area (Å²) < 4.78 is 39.4. The zero-order chi connectivity index (χ0) is 14.9. The van der Waals surface area contributed by atoms with E-state index in [-0.39, 0.29) is 5.02 Å². The third-order valence-corrected chi connectivity index (χ3v) is 5.12. The third kappa shape index (κ3) is 3.18. The van der Waals surface area contributed by atoms with Gasteiger partial charge in [-0.05, 0) is 0 Å². The van der Waals surface area contributed by atoms with Crippen molar-refractivity contribution in [2.75, 3.05) is 44.1 Å². The van der Waals surface area contributed by atoms with Crippen LogP contribution < -0.4 is 19.5 Å². The van der Waals surface area contributed by atoms with Crippen molar-refractivity contribution in [1.29, 1.82) is 0 Å². The molecule has 0 atom stereocenters. The van der Waals surface area contributed by atoms with Gasteiger partial charge in [-0.15, -0.1) is 0 Å². The summed E-state index contributed by atoms with van der Waals surface area (Å²) in [7, 11) is -3.62. The van der Waals surface area contributed by atoms with Crippen molar-refractivity contribution in [3.05, 3.63) is 17.2 Å². The van der Waals surface area contributed by atoms with Crippen molar-refractivity contribution in [3.63, 3.8) is 0 Å². The van der Waals surface area contributed by atoms with E-state index < -0.39 is 10.2 Å². The Hall–Kier alpha value is -1.22. The van der Waals surface area contributed by atoms with Gasteiger partial charge in [0, 0.05) is 38.3 Å². The quantitative estimate of drug-likeness (QED) is 0.850. The van der Waals surface area contributed by atoms with Crippen LogP contribution in [0.15, 0.2) is 12.1 Å². The maximum atomic E-state index is 12.3. The minimum atomic E-state index is -3.62. The van der Waals surface area contributed by atoms with E-state index in [0.717, 1.165) is 0 Å².